The second-order valence-electron chi connectivity index (χ2n) is 14.4. The maximum atomic E-state index is 14.8. The van der Waals surface area contributed by atoms with Gasteiger partial charge in [0.2, 0.25) is 17.7 Å². The van der Waals surface area contributed by atoms with Crippen molar-refractivity contribution in [3.05, 3.63) is 61.2 Å². The zero-order valence-corrected chi connectivity index (χ0v) is 30.4. The van der Waals surface area contributed by atoms with E-state index in [9.17, 15) is 24.3 Å². The molecule has 2 bridgehead atoms. The number of hydrogen-bond donors (Lipinski definition) is 2. The smallest absolute Gasteiger partial charge is 0.313 e. The number of morpholine rings is 1. The molecule has 4 aliphatic heterocycles. The Kier molecular flexibility index (Phi) is 13.1. The number of carbonyl (C=O) groups excluding carboxylic acids is 4. The molecular weight excluding hydrogens is 652 g/mol. The van der Waals surface area contributed by atoms with Crippen LogP contribution in [-0.2, 0) is 33.4 Å². The van der Waals surface area contributed by atoms with Gasteiger partial charge in [-0.25, -0.2) is 0 Å². The molecule has 3 amide bonds. The van der Waals surface area contributed by atoms with Crippen LogP contribution in [0.3, 0.4) is 0 Å². The van der Waals surface area contributed by atoms with E-state index in [-0.39, 0.29) is 43.2 Å². The number of allylic oxidation sites excluding steroid dienone is 1. The van der Waals surface area contributed by atoms with Gasteiger partial charge in [-0.1, -0.05) is 62.8 Å². The monoisotopic (exact) mass is 708 g/mol. The van der Waals surface area contributed by atoms with Crippen molar-refractivity contribution in [2.75, 3.05) is 52.5 Å². The molecule has 1 aromatic rings. The first-order valence-electron chi connectivity index (χ1n) is 18.6. The van der Waals surface area contributed by atoms with Gasteiger partial charge in [0.15, 0.2) is 0 Å². The van der Waals surface area contributed by atoms with Crippen molar-refractivity contribution in [1.82, 2.24) is 20.0 Å². The van der Waals surface area contributed by atoms with E-state index in [0.29, 0.717) is 57.6 Å². The number of likely N-dealkylation sites (tertiary alicyclic amines) is 1. The second-order valence-corrected chi connectivity index (χ2v) is 14.4. The number of aliphatic hydroxyl groups is 1. The van der Waals surface area contributed by atoms with Gasteiger partial charge in [-0.05, 0) is 37.7 Å². The number of ether oxygens (including phenoxy) is 3. The van der Waals surface area contributed by atoms with Crippen LogP contribution < -0.4 is 5.32 Å². The Hall–Kier alpha value is -3.58. The third-order valence-corrected chi connectivity index (χ3v) is 11.3. The maximum absolute atomic E-state index is 14.8. The Labute approximate surface area is 302 Å². The highest BCUT2D eigenvalue weighted by molar-refractivity contribution is 5.98. The number of nitrogens with zero attached hydrogens (tertiary/aromatic N) is 3. The SMILES string of the molecule is C=CCCC(=O)N[C@@H](C)[C@H](OC(=O)[C@@H]1[C@@H]2CC[C@]3(O2)[C@H](C(=O)N(CC=C)CCN2CCOCC2)N([C@@H](CO)[C@@H](C)CC)C(=O)[C@@H]13)c1ccccc1. The molecule has 4 heterocycles. The predicted molar refractivity (Wildman–Crippen MR) is 191 cm³/mol. The lowest BCUT2D eigenvalue weighted by atomic mass is 9.70. The molecule has 5 rings (SSSR count). The highest BCUT2D eigenvalue weighted by atomic mass is 16.6. The predicted octanol–water partition coefficient (Wildman–Crippen LogP) is 2.87. The molecule has 4 saturated heterocycles. The third kappa shape index (κ3) is 7.94. The average Bonchev–Trinajstić information content (AvgIpc) is 3.79. The van der Waals surface area contributed by atoms with E-state index >= 15 is 0 Å². The quantitative estimate of drug-likeness (QED) is 0.174. The largest absolute Gasteiger partial charge is 0.455 e. The van der Waals surface area contributed by atoms with Crippen LogP contribution in [0.25, 0.3) is 0 Å². The molecule has 4 aliphatic rings. The summed E-state index contributed by atoms with van der Waals surface area (Å²) in [7, 11) is 0. The Morgan fingerprint density at radius 1 is 1.16 bits per heavy atom. The Bertz CT molecular complexity index is 1400. The highest BCUT2D eigenvalue weighted by Gasteiger charge is 2.76. The van der Waals surface area contributed by atoms with E-state index < -0.39 is 53.7 Å². The van der Waals surface area contributed by atoms with Gasteiger partial charge < -0.3 is 34.4 Å². The molecule has 0 aromatic heterocycles. The molecule has 0 saturated carbocycles. The minimum atomic E-state index is -1.26. The fraction of sp³-hybridized carbons (Fsp3) is 0.641. The average molecular weight is 709 g/mol. The molecule has 9 atom stereocenters. The van der Waals surface area contributed by atoms with Crippen LogP contribution in [0, 0.1) is 17.8 Å². The van der Waals surface area contributed by atoms with Crippen molar-refractivity contribution in [3.63, 3.8) is 0 Å². The number of hydrogen-bond acceptors (Lipinski definition) is 9. The molecule has 1 aromatic carbocycles. The number of aliphatic hydroxyl groups excluding tert-OH is 1. The number of esters is 1. The zero-order chi connectivity index (χ0) is 36.7. The summed E-state index contributed by atoms with van der Waals surface area (Å²) in [5.41, 5.74) is -0.555. The lowest BCUT2D eigenvalue weighted by Crippen LogP contribution is -2.60. The van der Waals surface area contributed by atoms with Gasteiger partial charge in [0.1, 0.15) is 17.7 Å². The molecule has 0 unspecified atom stereocenters. The number of benzene rings is 1. The van der Waals surface area contributed by atoms with Crippen LogP contribution in [0.5, 0.6) is 0 Å². The van der Waals surface area contributed by atoms with Crippen LogP contribution in [0.4, 0.5) is 0 Å². The molecule has 1 spiro atoms. The first kappa shape index (κ1) is 38.6. The van der Waals surface area contributed by atoms with Crippen molar-refractivity contribution in [2.45, 2.75) is 88.8 Å². The zero-order valence-electron chi connectivity index (χ0n) is 30.4. The van der Waals surface area contributed by atoms with E-state index in [2.05, 4.69) is 23.4 Å². The van der Waals surface area contributed by atoms with Gasteiger partial charge in [-0.2, -0.15) is 0 Å². The van der Waals surface area contributed by atoms with Gasteiger partial charge in [-0.15, -0.1) is 13.2 Å². The fourth-order valence-corrected chi connectivity index (χ4v) is 8.46. The molecule has 4 fully saturated rings. The molecule has 12 heteroatoms. The van der Waals surface area contributed by atoms with E-state index in [0.717, 1.165) is 13.1 Å². The maximum Gasteiger partial charge on any atom is 0.313 e. The summed E-state index contributed by atoms with van der Waals surface area (Å²) in [5, 5.41) is 13.7. The van der Waals surface area contributed by atoms with E-state index in [1.165, 1.54) is 0 Å². The Balaban J connectivity index is 1.46. The van der Waals surface area contributed by atoms with Crippen LogP contribution >= 0.6 is 0 Å². The summed E-state index contributed by atoms with van der Waals surface area (Å²) in [6.45, 7) is 17.1. The number of fused-ring (bicyclic) bond motifs is 1. The minimum absolute atomic E-state index is 0.124. The third-order valence-electron chi connectivity index (χ3n) is 11.3. The summed E-state index contributed by atoms with van der Waals surface area (Å²) < 4.78 is 18.5. The van der Waals surface area contributed by atoms with Crippen molar-refractivity contribution in [2.24, 2.45) is 17.8 Å². The number of amides is 3. The minimum Gasteiger partial charge on any atom is -0.455 e. The summed E-state index contributed by atoms with van der Waals surface area (Å²) >= 11 is 0. The second kappa shape index (κ2) is 17.3. The van der Waals surface area contributed by atoms with E-state index in [4.69, 9.17) is 14.2 Å². The Morgan fingerprint density at radius 3 is 2.53 bits per heavy atom. The van der Waals surface area contributed by atoms with Crippen molar-refractivity contribution < 1.29 is 38.5 Å². The highest BCUT2D eigenvalue weighted by Crippen LogP contribution is 2.59. The van der Waals surface area contributed by atoms with Crippen molar-refractivity contribution in [3.8, 4) is 0 Å². The summed E-state index contributed by atoms with van der Waals surface area (Å²) in [6, 6.07) is 6.96. The molecule has 0 radical (unpaired) electrons. The van der Waals surface area contributed by atoms with Gasteiger partial charge in [0.25, 0.3) is 0 Å². The molecule has 2 N–H and O–H groups in total. The summed E-state index contributed by atoms with van der Waals surface area (Å²) in [4.78, 5) is 62.3. The number of carbonyl (C=O) groups is 4. The van der Waals surface area contributed by atoms with E-state index in [1.807, 2.05) is 44.2 Å². The first-order valence-corrected chi connectivity index (χ1v) is 18.6. The van der Waals surface area contributed by atoms with Crippen LogP contribution in [0.1, 0.15) is 64.5 Å². The standard InChI is InChI=1S/C39H56N4O8/c1-6-9-15-31(45)40-27(5)34(28-13-11-10-12-14-28)50-38(48)32-30-16-17-39(51-30)33(32)36(46)43(29(25-44)26(4)8-3)35(39)37(47)42(18-7-2)20-19-41-21-23-49-24-22-41/h6-7,10-14,26-27,29-30,32-35,44H,1-2,8-9,15-25H2,3-5H3,(H,40,45)/t26-,27-,29-,30-,32+,33+,34-,35-,39+/m0/s1. The lowest BCUT2D eigenvalue weighted by Gasteiger charge is -2.41. The Morgan fingerprint density at radius 2 is 1.88 bits per heavy atom. The van der Waals surface area contributed by atoms with Crippen molar-refractivity contribution in [1.29, 1.82) is 0 Å². The number of rotatable bonds is 18. The topological polar surface area (TPSA) is 138 Å². The van der Waals surface area contributed by atoms with Crippen molar-refractivity contribution >= 4 is 23.7 Å². The molecule has 51 heavy (non-hydrogen) atoms. The normalized spacial score (nSPS) is 28.0. The summed E-state index contributed by atoms with van der Waals surface area (Å²) in [6.07, 6.45) is 4.25. The molecule has 280 valence electrons. The number of nitrogens with one attached hydrogen (secondary N) is 1. The van der Waals surface area contributed by atoms with Crippen LogP contribution in [-0.4, -0.2) is 126 Å². The molecular formula is C39H56N4O8. The van der Waals surface area contributed by atoms with Gasteiger partial charge >= 0.3 is 5.97 Å². The summed E-state index contributed by atoms with van der Waals surface area (Å²) in [5.74, 6) is -3.48. The van der Waals surface area contributed by atoms with Crippen LogP contribution in [0.2, 0.25) is 0 Å². The van der Waals surface area contributed by atoms with E-state index in [1.54, 1.807) is 28.9 Å². The fourth-order valence-electron chi connectivity index (χ4n) is 8.46. The van der Waals surface area contributed by atoms with Crippen LogP contribution in [0.15, 0.2) is 55.6 Å². The molecule has 12 nitrogen and oxygen atoms in total. The van der Waals surface area contributed by atoms with Gasteiger partial charge in [0, 0.05) is 39.1 Å². The van der Waals surface area contributed by atoms with Gasteiger partial charge in [-0.3, -0.25) is 24.1 Å². The molecule has 0 aliphatic carbocycles. The van der Waals surface area contributed by atoms with Gasteiger partial charge in [0.05, 0.1) is 49.8 Å². The lowest BCUT2D eigenvalue weighted by molar-refractivity contribution is -0.163. The first-order chi connectivity index (χ1) is 24.6.